The van der Waals surface area contributed by atoms with Gasteiger partial charge in [-0.25, -0.2) is 0 Å². The van der Waals surface area contributed by atoms with Crippen molar-refractivity contribution in [1.29, 1.82) is 0 Å². The molecule has 268 valence electrons. The van der Waals surface area contributed by atoms with Crippen LogP contribution >= 0.6 is 0 Å². The topological polar surface area (TPSA) is 0 Å². The second-order valence-corrected chi connectivity index (χ2v) is 22.9. The first-order chi connectivity index (χ1) is 24.2. The van der Waals surface area contributed by atoms with Crippen molar-refractivity contribution in [1.82, 2.24) is 0 Å². The van der Waals surface area contributed by atoms with E-state index in [1.165, 1.54) is 82.3 Å². The van der Waals surface area contributed by atoms with Crippen LogP contribution in [0.3, 0.4) is 0 Å². The Morgan fingerprint density at radius 2 is 1.00 bits per heavy atom. The van der Waals surface area contributed by atoms with E-state index in [-0.39, 0.29) is 10.8 Å². The van der Waals surface area contributed by atoms with Crippen molar-refractivity contribution in [2.24, 2.45) is 5.92 Å². The molecule has 0 amide bonds. The number of rotatable bonds is 11. The summed E-state index contributed by atoms with van der Waals surface area (Å²) in [5.74, 6) is 0.506. The predicted octanol–water partition coefficient (Wildman–Crippen LogP) is 15.1. The molecule has 6 rings (SSSR count). The standard InChI is InChI=1S/C50H64Si/c1-12-14-30-51(31-15-13-2,47-35(5)32-45-40(18-16-20-42(45)47)36-22-26-38(27-23-36)49(6,7)8)48-43-21-17-19-41(46(43)33-44(48)34(3)4)37-24-28-39(29-25-37)50(9,10)11/h16-29,32-34,47-48H,12-15,30-31H2,1-11H3. The molecular formula is C50H64Si. The molecule has 0 radical (unpaired) electrons. The highest BCUT2D eigenvalue weighted by Gasteiger charge is 2.53. The average molecular weight is 693 g/mol. The summed E-state index contributed by atoms with van der Waals surface area (Å²) < 4.78 is 0. The predicted molar refractivity (Wildman–Crippen MR) is 228 cm³/mol. The van der Waals surface area contributed by atoms with Crippen molar-refractivity contribution in [3.8, 4) is 22.3 Å². The average Bonchev–Trinajstić information content (AvgIpc) is 3.67. The largest absolute Gasteiger partial charge is 0.0782 e. The monoisotopic (exact) mass is 692 g/mol. The second-order valence-electron chi connectivity index (χ2n) is 18.3. The summed E-state index contributed by atoms with van der Waals surface area (Å²) >= 11 is 0. The zero-order valence-corrected chi connectivity index (χ0v) is 34.7. The summed E-state index contributed by atoms with van der Waals surface area (Å²) in [6.45, 7) is 26.1. The van der Waals surface area contributed by atoms with Gasteiger partial charge in [-0.15, -0.1) is 0 Å². The lowest BCUT2D eigenvalue weighted by atomic mass is 9.86. The van der Waals surface area contributed by atoms with E-state index in [0.717, 1.165) is 0 Å². The van der Waals surface area contributed by atoms with Gasteiger partial charge in [-0.2, -0.15) is 0 Å². The minimum Gasteiger partial charge on any atom is -0.0678 e. The van der Waals surface area contributed by atoms with Crippen LogP contribution in [0.15, 0.2) is 96.1 Å². The fraction of sp³-hybridized carbons (Fsp3) is 0.440. The van der Waals surface area contributed by atoms with Crippen LogP contribution in [0.5, 0.6) is 0 Å². The molecule has 0 spiro atoms. The van der Waals surface area contributed by atoms with Gasteiger partial charge >= 0.3 is 0 Å². The zero-order chi connectivity index (χ0) is 36.7. The van der Waals surface area contributed by atoms with Gasteiger partial charge in [-0.05, 0) is 79.3 Å². The van der Waals surface area contributed by atoms with Crippen molar-refractivity contribution in [2.45, 2.75) is 136 Å². The molecule has 0 bridgehead atoms. The van der Waals surface area contributed by atoms with E-state index >= 15 is 0 Å². The first-order valence-corrected chi connectivity index (χ1v) is 22.7. The molecule has 2 unspecified atom stereocenters. The van der Waals surface area contributed by atoms with Crippen LogP contribution in [0.2, 0.25) is 12.1 Å². The maximum Gasteiger partial charge on any atom is 0.0782 e. The molecule has 4 aromatic carbocycles. The molecule has 0 aromatic heterocycles. The molecule has 0 aliphatic heterocycles. The minimum absolute atomic E-state index is 0.148. The van der Waals surface area contributed by atoms with Crippen LogP contribution in [0.25, 0.3) is 34.4 Å². The lowest BCUT2D eigenvalue weighted by molar-refractivity contribution is 0.590. The number of allylic oxidation sites excluding steroid dienone is 2. The molecule has 2 aliphatic carbocycles. The van der Waals surface area contributed by atoms with Crippen molar-refractivity contribution >= 4 is 20.2 Å². The Bertz CT molecular complexity index is 1890. The van der Waals surface area contributed by atoms with Gasteiger partial charge in [0.2, 0.25) is 0 Å². The van der Waals surface area contributed by atoms with Gasteiger partial charge in [-0.3, -0.25) is 0 Å². The van der Waals surface area contributed by atoms with Gasteiger partial charge in [0, 0.05) is 11.1 Å². The Balaban J connectivity index is 1.53. The second kappa shape index (κ2) is 14.5. The summed E-state index contributed by atoms with van der Waals surface area (Å²) in [7, 11) is -2.11. The van der Waals surface area contributed by atoms with Crippen LogP contribution in [0.1, 0.15) is 146 Å². The van der Waals surface area contributed by atoms with Crippen LogP contribution in [0, 0.1) is 5.92 Å². The Morgan fingerprint density at radius 3 is 1.41 bits per heavy atom. The summed E-state index contributed by atoms with van der Waals surface area (Å²) in [6.07, 6.45) is 10.4. The van der Waals surface area contributed by atoms with Crippen molar-refractivity contribution in [2.75, 3.05) is 0 Å². The SMILES string of the molecule is CCCC[Si](CCCC)(C1C(C)=Cc2c(-c3ccc(C(C)(C)C)cc3)cccc21)C1C(C(C)C)=Cc2c(-c3ccc(C(C)(C)C)cc3)cccc21. The van der Waals surface area contributed by atoms with Gasteiger partial charge in [0.25, 0.3) is 0 Å². The van der Waals surface area contributed by atoms with E-state index in [1.807, 2.05) is 0 Å². The third-order valence-corrected chi connectivity index (χ3v) is 18.6. The Morgan fingerprint density at radius 1 is 0.569 bits per heavy atom. The van der Waals surface area contributed by atoms with Gasteiger partial charge in [0.15, 0.2) is 0 Å². The molecule has 0 heterocycles. The minimum atomic E-state index is -2.11. The molecule has 0 fully saturated rings. The summed E-state index contributed by atoms with van der Waals surface area (Å²) in [5.41, 5.74) is 19.1. The Hall–Kier alpha value is -3.42. The molecule has 51 heavy (non-hydrogen) atoms. The fourth-order valence-corrected chi connectivity index (χ4v) is 17.1. The van der Waals surface area contributed by atoms with Gasteiger partial charge < -0.3 is 0 Å². The van der Waals surface area contributed by atoms with E-state index in [0.29, 0.717) is 17.0 Å². The highest BCUT2D eigenvalue weighted by Crippen LogP contribution is 2.59. The Labute approximate surface area is 312 Å². The molecule has 2 aliphatic rings. The smallest absolute Gasteiger partial charge is 0.0678 e. The fourth-order valence-electron chi connectivity index (χ4n) is 9.57. The molecule has 0 saturated heterocycles. The quantitative estimate of drug-likeness (QED) is 0.137. The van der Waals surface area contributed by atoms with Gasteiger partial charge in [0.05, 0.1) is 8.07 Å². The maximum atomic E-state index is 2.67. The Kier molecular flexibility index (Phi) is 10.6. The van der Waals surface area contributed by atoms with E-state index in [1.54, 1.807) is 22.3 Å². The van der Waals surface area contributed by atoms with Gasteiger partial charge in [0.1, 0.15) is 0 Å². The van der Waals surface area contributed by atoms with E-state index in [2.05, 4.69) is 173 Å². The van der Waals surface area contributed by atoms with E-state index in [4.69, 9.17) is 0 Å². The number of unbranched alkanes of at least 4 members (excludes halogenated alkanes) is 2. The van der Waals surface area contributed by atoms with E-state index in [9.17, 15) is 0 Å². The molecule has 1 heteroatoms. The molecule has 0 N–H and O–H groups in total. The summed E-state index contributed by atoms with van der Waals surface area (Å²) in [5, 5.41) is 0. The van der Waals surface area contributed by atoms with Crippen LogP contribution in [-0.4, -0.2) is 8.07 Å². The van der Waals surface area contributed by atoms with Crippen LogP contribution in [0.4, 0.5) is 0 Å². The number of fused-ring (bicyclic) bond motifs is 2. The summed E-state index contributed by atoms with van der Waals surface area (Å²) in [4.78, 5) is 0. The third kappa shape index (κ3) is 7.05. The highest BCUT2D eigenvalue weighted by atomic mass is 28.3. The maximum absolute atomic E-state index is 2.67. The molecular weight excluding hydrogens is 629 g/mol. The lowest BCUT2D eigenvalue weighted by Crippen LogP contribution is -2.49. The first-order valence-electron chi connectivity index (χ1n) is 20.1. The summed E-state index contributed by atoms with van der Waals surface area (Å²) in [6, 6.07) is 36.2. The van der Waals surface area contributed by atoms with Gasteiger partial charge in [-0.1, -0.05) is 215 Å². The third-order valence-electron chi connectivity index (χ3n) is 12.3. The normalized spacial score (nSPS) is 17.4. The molecule has 4 aromatic rings. The number of benzene rings is 4. The number of hydrogen-bond acceptors (Lipinski definition) is 0. The molecule has 0 nitrogen and oxygen atoms in total. The van der Waals surface area contributed by atoms with E-state index < -0.39 is 8.07 Å². The number of hydrogen-bond donors (Lipinski definition) is 0. The van der Waals surface area contributed by atoms with Crippen molar-refractivity contribution < 1.29 is 0 Å². The molecule has 0 saturated carbocycles. The highest BCUT2D eigenvalue weighted by molar-refractivity contribution is 6.84. The lowest BCUT2D eigenvalue weighted by Gasteiger charge is -2.46. The van der Waals surface area contributed by atoms with Crippen molar-refractivity contribution in [3.63, 3.8) is 0 Å². The van der Waals surface area contributed by atoms with Crippen LogP contribution in [-0.2, 0) is 10.8 Å². The van der Waals surface area contributed by atoms with Crippen molar-refractivity contribution in [3.05, 3.63) is 129 Å². The first kappa shape index (κ1) is 37.3. The zero-order valence-electron chi connectivity index (χ0n) is 33.7. The molecule has 2 atom stereocenters. The van der Waals surface area contributed by atoms with Crippen LogP contribution < -0.4 is 0 Å².